The van der Waals surface area contributed by atoms with Gasteiger partial charge in [0.2, 0.25) is 21.8 Å². The SMILES string of the molecule is CN(C)S(=O)(=O)c1ccc(CN2CCC(c3ccc4c(c3)CN(C3CCC(=O)NC3=O)C4=O)CC2)cc1. The Kier molecular flexibility index (Phi) is 6.91. The lowest BCUT2D eigenvalue weighted by molar-refractivity contribution is -0.136. The average Bonchev–Trinajstić information content (AvgIpc) is 3.20. The van der Waals surface area contributed by atoms with Gasteiger partial charge in [0.05, 0.1) is 4.90 Å². The Morgan fingerprint density at radius 3 is 2.32 bits per heavy atom. The minimum Gasteiger partial charge on any atom is -0.322 e. The third-order valence-corrected chi connectivity index (χ3v) is 9.54. The van der Waals surface area contributed by atoms with E-state index in [2.05, 4.69) is 16.3 Å². The van der Waals surface area contributed by atoms with Crippen molar-refractivity contribution in [3.05, 3.63) is 64.7 Å². The summed E-state index contributed by atoms with van der Waals surface area (Å²) in [6.07, 6.45) is 2.61. The van der Waals surface area contributed by atoms with E-state index in [9.17, 15) is 22.8 Å². The van der Waals surface area contributed by atoms with Crippen molar-refractivity contribution in [3.63, 3.8) is 0 Å². The van der Waals surface area contributed by atoms with Gasteiger partial charge < -0.3 is 4.90 Å². The molecule has 0 aromatic heterocycles. The Hall–Kier alpha value is -3.08. The second-order valence-corrected chi connectivity index (χ2v) is 12.5. The third-order valence-electron chi connectivity index (χ3n) is 7.71. The smallest absolute Gasteiger partial charge is 0.255 e. The quantitative estimate of drug-likeness (QED) is 0.580. The number of hydrogen-bond acceptors (Lipinski definition) is 6. The number of carbonyl (C=O) groups excluding carboxylic acids is 3. The standard InChI is InChI=1S/C27H32N4O5S/c1-29(2)37(35,36)22-6-3-18(4-7-22)16-30-13-11-19(12-14-30)20-5-8-23-21(15-20)17-31(27(23)34)24-9-10-25(32)28-26(24)33/h3-8,15,19,24H,9-14,16-17H2,1-2H3,(H,28,32,33). The lowest BCUT2D eigenvalue weighted by Crippen LogP contribution is -2.52. The monoisotopic (exact) mass is 524 g/mol. The zero-order chi connectivity index (χ0) is 26.3. The van der Waals surface area contributed by atoms with Crippen LogP contribution < -0.4 is 5.32 Å². The second-order valence-electron chi connectivity index (χ2n) is 10.3. The van der Waals surface area contributed by atoms with Crippen molar-refractivity contribution in [2.45, 2.75) is 55.6 Å². The molecule has 10 heteroatoms. The van der Waals surface area contributed by atoms with E-state index in [4.69, 9.17) is 0 Å². The molecular weight excluding hydrogens is 492 g/mol. The van der Waals surface area contributed by atoms with Crippen molar-refractivity contribution in [2.24, 2.45) is 0 Å². The molecule has 2 saturated heterocycles. The number of imide groups is 1. The van der Waals surface area contributed by atoms with Crippen LogP contribution in [0.1, 0.15) is 58.6 Å². The Bertz CT molecular complexity index is 1330. The van der Waals surface area contributed by atoms with Gasteiger partial charge in [-0.2, -0.15) is 0 Å². The van der Waals surface area contributed by atoms with Gasteiger partial charge in [-0.05, 0) is 73.2 Å². The highest BCUT2D eigenvalue weighted by Crippen LogP contribution is 2.34. The molecule has 3 amide bonds. The van der Waals surface area contributed by atoms with Gasteiger partial charge in [-0.1, -0.05) is 24.3 Å². The lowest BCUT2D eigenvalue weighted by atomic mass is 9.87. The number of carbonyl (C=O) groups is 3. The minimum absolute atomic E-state index is 0.143. The van der Waals surface area contributed by atoms with E-state index in [1.54, 1.807) is 17.0 Å². The van der Waals surface area contributed by atoms with Crippen molar-refractivity contribution in [1.29, 1.82) is 0 Å². The molecule has 1 N–H and O–H groups in total. The molecule has 5 rings (SSSR count). The van der Waals surface area contributed by atoms with Gasteiger partial charge >= 0.3 is 0 Å². The molecule has 3 aliphatic heterocycles. The molecule has 2 fully saturated rings. The molecule has 0 spiro atoms. The first kappa shape index (κ1) is 25.6. The molecule has 9 nitrogen and oxygen atoms in total. The Morgan fingerprint density at radius 1 is 0.973 bits per heavy atom. The maximum atomic E-state index is 13.0. The van der Waals surface area contributed by atoms with E-state index in [-0.39, 0.29) is 24.1 Å². The van der Waals surface area contributed by atoms with Crippen molar-refractivity contribution >= 4 is 27.7 Å². The minimum atomic E-state index is -3.43. The summed E-state index contributed by atoms with van der Waals surface area (Å²) < 4.78 is 25.8. The number of fused-ring (bicyclic) bond motifs is 1. The van der Waals surface area contributed by atoms with Gasteiger partial charge in [0.1, 0.15) is 6.04 Å². The van der Waals surface area contributed by atoms with Crippen LogP contribution in [0, 0.1) is 0 Å². The molecule has 0 saturated carbocycles. The molecule has 3 aliphatic rings. The number of nitrogens with one attached hydrogen (secondary N) is 1. The van der Waals surface area contributed by atoms with E-state index in [0.717, 1.165) is 43.6 Å². The fourth-order valence-corrected chi connectivity index (χ4v) is 6.41. The molecule has 37 heavy (non-hydrogen) atoms. The van der Waals surface area contributed by atoms with E-state index >= 15 is 0 Å². The second kappa shape index (κ2) is 10.00. The van der Waals surface area contributed by atoms with E-state index in [1.807, 2.05) is 24.3 Å². The lowest BCUT2D eigenvalue weighted by Gasteiger charge is -2.32. The summed E-state index contributed by atoms with van der Waals surface area (Å²) in [7, 11) is -0.368. The highest BCUT2D eigenvalue weighted by atomic mass is 32.2. The van der Waals surface area contributed by atoms with Crippen LogP contribution in [0.15, 0.2) is 47.4 Å². The normalized spacial score (nSPS) is 21.4. The number of sulfonamides is 1. The molecule has 1 atom stereocenters. The molecule has 0 bridgehead atoms. The largest absolute Gasteiger partial charge is 0.322 e. The summed E-state index contributed by atoms with van der Waals surface area (Å²) in [6.45, 7) is 3.03. The molecule has 2 aromatic rings. The zero-order valence-corrected chi connectivity index (χ0v) is 22.0. The number of likely N-dealkylation sites (tertiary alicyclic amines) is 1. The van der Waals surface area contributed by atoms with Gasteiger partial charge in [0.15, 0.2) is 0 Å². The van der Waals surface area contributed by atoms with Crippen LogP contribution in [-0.4, -0.2) is 73.5 Å². The fourth-order valence-electron chi connectivity index (χ4n) is 5.51. The fraction of sp³-hybridized carbons (Fsp3) is 0.444. The Morgan fingerprint density at radius 2 is 1.68 bits per heavy atom. The summed E-state index contributed by atoms with van der Waals surface area (Å²) >= 11 is 0. The first-order valence-corrected chi connectivity index (χ1v) is 14.1. The van der Waals surface area contributed by atoms with Crippen molar-refractivity contribution in [1.82, 2.24) is 19.4 Å². The molecule has 2 aromatic carbocycles. The molecule has 1 unspecified atom stereocenters. The first-order chi connectivity index (χ1) is 17.6. The Labute approximate surface area is 217 Å². The number of amides is 3. The van der Waals surface area contributed by atoms with Gasteiger partial charge in [0.25, 0.3) is 5.91 Å². The van der Waals surface area contributed by atoms with Crippen LogP contribution in [0.5, 0.6) is 0 Å². The Balaban J connectivity index is 1.19. The molecule has 196 valence electrons. The van der Waals surface area contributed by atoms with Crippen molar-refractivity contribution in [2.75, 3.05) is 27.2 Å². The summed E-state index contributed by atoms with van der Waals surface area (Å²) in [5, 5.41) is 2.35. The van der Waals surface area contributed by atoms with Crippen LogP contribution in [0.4, 0.5) is 0 Å². The highest BCUT2D eigenvalue weighted by Gasteiger charge is 2.39. The summed E-state index contributed by atoms with van der Waals surface area (Å²) in [5.41, 5.74) is 3.89. The summed E-state index contributed by atoms with van der Waals surface area (Å²) in [4.78, 5) is 41.0. The molecule has 0 aliphatic carbocycles. The number of hydrogen-bond donors (Lipinski definition) is 1. The molecular formula is C27H32N4O5S. The predicted octanol–water partition coefficient (Wildman–Crippen LogP) is 2.08. The topological polar surface area (TPSA) is 107 Å². The summed E-state index contributed by atoms with van der Waals surface area (Å²) in [6, 6.07) is 12.5. The molecule has 0 radical (unpaired) electrons. The van der Waals surface area contributed by atoms with Crippen molar-refractivity contribution in [3.8, 4) is 0 Å². The highest BCUT2D eigenvalue weighted by molar-refractivity contribution is 7.89. The van der Waals surface area contributed by atoms with Crippen LogP contribution >= 0.6 is 0 Å². The van der Waals surface area contributed by atoms with Crippen molar-refractivity contribution < 1.29 is 22.8 Å². The van der Waals surface area contributed by atoms with E-state index in [0.29, 0.717) is 29.3 Å². The summed E-state index contributed by atoms with van der Waals surface area (Å²) in [5.74, 6) is -0.420. The maximum absolute atomic E-state index is 13.0. The van der Waals surface area contributed by atoms with Crippen LogP contribution in [0.3, 0.4) is 0 Å². The average molecular weight is 525 g/mol. The number of benzene rings is 2. The first-order valence-electron chi connectivity index (χ1n) is 12.6. The van der Waals surface area contributed by atoms with E-state index < -0.39 is 16.1 Å². The van der Waals surface area contributed by atoms with Gasteiger partial charge in [-0.25, -0.2) is 12.7 Å². The predicted molar refractivity (Wildman–Crippen MR) is 137 cm³/mol. The molecule has 3 heterocycles. The third kappa shape index (κ3) is 5.05. The van der Waals surface area contributed by atoms with E-state index in [1.165, 1.54) is 24.0 Å². The van der Waals surface area contributed by atoms with Crippen LogP contribution in [-0.2, 0) is 32.7 Å². The van der Waals surface area contributed by atoms with Gasteiger partial charge in [-0.15, -0.1) is 0 Å². The zero-order valence-electron chi connectivity index (χ0n) is 21.1. The van der Waals surface area contributed by atoms with Gasteiger partial charge in [0, 0.05) is 39.2 Å². The van der Waals surface area contributed by atoms with Crippen LogP contribution in [0.25, 0.3) is 0 Å². The van der Waals surface area contributed by atoms with Gasteiger partial charge in [-0.3, -0.25) is 24.6 Å². The number of rotatable bonds is 6. The van der Waals surface area contributed by atoms with Crippen LogP contribution in [0.2, 0.25) is 0 Å². The number of nitrogens with zero attached hydrogens (tertiary/aromatic N) is 3. The maximum Gasteiger partial charge on any atom is 0.255 e. The number of piperidine rings is 2.